The van der Waals surface area contributed by atoms with E-state index in [1.54, 1.807) is 26.0 Å². The molecule has 1 aliphatic rings. The van der Waals surface area contributed by atoms with Gasteiger partial charge < -0.3 is 4.74 Å². The molecule has 3 aromatic carbocycles. The van der Waals surface area contributed by atoms with Crippen LogP contribution in [0.1, 0.15) is 44.0 Å². The summed E-state index contributed by atoms with van der Waals surface area (Å²) in [7, 11) is -2.90. The molecule has 0 N–H and O–H groups in total. The number of hydrogen-bond acceptors (Lipinski definition) is 6. The minimum absolute atomic E-state index is 0.0591. The smallest absolute Gasteiger partial charge is 0.337 e. The number of benzene rings is 3. The second-order valence-electron chi connectivity index (χ2n) is 9.30. The molecular weight excluding hydrogens is 480 g/mol. The number of sulfonamides is 1. The second-order valence-corrected chi connectivity index (χ2v) is 11.1. The molecule has 0 bridgehead atoms. The van der Waals surface area contributed by atoms with E-state index in [4.69, 9.17) is 0 Å². The number of esters is 1. The first kappa shape index (κ1) is 25.5. The van der Waals surface area contributed by atoms with Crippen LogP contribution in [0.2, 0.25) is 0 Å². The number of nitrogens with zero attached hydrogens (tertiary/aromatic N) is 2. The van der Waals surface area contributed by atoms with Crippen molar-refractivity contribution in [1.29, 1.82) is 0 Å². The Bertz CT molecular complexity index is 1450. The van der Waals surface area contributed by atoms with Crippen molar-refractivity contribution in [1.82, 2.24) is 4.31 Å². The molecule has 188 valence electrons. The van der Waals surface area contributed by atoms with E-state index in [9.17, 15) is 22.8 Å². The predicted octanol–water partition coefficient (Wildman–Crippen LogP) is 4.14. The number of methoxy groups -OCH3 is 1. The summed E-state index contributed by atoms with van der Waals surface area (Å²) in [5, 5.41) is 1.65. The molecule has 0 saturated carbocycles. The van der Waals surface area contributed by atoms with E-state index in [2.05, 4.69) is 4.74 Å². The molecule has 1 saturated heterocycles. The fraction of sp³-hybridized carbons (Fsp3) is 0.296. The van der Waals surface area contributed by atoms with E-state index in [1.165, 1.54) is 41.7 Å². The van der Waals surface area contributed by atoms with Crippen molar-refractivity contribution in [3.63, 3.8) is 0 Å². The molecular formula is C27H28N2O6S. The van der Waals surface area contributed by atoms with Crippen molar-refractivity contribution >= 4 is 44.3 Å². The van der Waals surface area contributed by atoms with Gasteiger partial charge >= 0.3 is 5.97 Å². The molecule has 1 unspecified atom stereocenters. The molecule has 3 aromatic rings. The molecule has 9 heteroatoms. The lowest BCUT2D eigenvalue weighted by molar-refractivity contribution is -0.122. The fourth-order valence-corrected chi connectivity index (χ4v) is 6.47. The Kier molecular flexibility index (Phi) is 6.72. The monoisotopic (exact) mass is 508 g/mol. The number of hydrogen-bond donors (Lipinski definition) is 0. The predicted molar refractivity (Wildman–Crippen MR) is 136 cm³/mol. The highest BCUT2D eigenvalue weighted by Crippen LogP contribution is 2.36. The van der Waals surface area contributed by atoms with Gasteiger partial charge in [-0.05, 0) is 67.4 Å². The minimum atomic E-state index is -4.16. The highest BCUT2D eigenvalue weighted by Gasteiger charge is 2.51. The Morgan fingerprint density at radius 3 is 2.28 bits per heavy atom. The summed E-state index contributed by atoms with van der Waals surface area (Å²) >= 11 is 0. The maximum Gasteiger partial charge on any atom is 0.337 e. The Morgan fingerprint density at radius 2 is 1.67 bits per heavy atom. The van der Waals surface area contributed by atoms with Gasteiger partial charge in [-0.3, -0.25) is 9.59 Å². The number of imide groups is 1. The average molecular weight is 509 g/mol. The van der Waals surface area contributed by atoms with Crippen molar-refractivity contribution in [2.45, 2.75) is 50.1 Å². The van der Waals surface area contributed by atoms with Crippen molar-refractivity contribution in [2.24, 2.45) is 0 Å². The highest BCUT2D eigenvalue weighted by atomic mass is 32.2. The lowest BCUT2D eigenvalue weighted by Crippen LogP contribution is -2.55. The lowest BCUT2D eigenvalue weighted by Gasteiger charge is -2.39. The van der Waals surface area contributed by atoms with Crippen LogP contribution in [-0.4, -0.2) is 49.2 Å². The van der Waals surface area contributed by atoms with Gasteiger partial charge in [0, 0.05) is 5.54 Å². The number of rotatable bonds is 7. The van der Waals surface area contributed by atoms with Gasteiger partial charge in [0.25, 0.3) is 5.91 Å². The van der Waals surface area contributed by atoms with E-state index in [0.29, 0.717) is 6.42 Å². The summed E-state index contributed by atoms with van der Waals surface area (Å²) in [5.41, 5.74) is -0.419. The summed E-state index contributed by atoms with van der Waals surface area (Å²) in [6, 6.07) is 16.9. The first-order valence-electron chi connectivity index (χ1n) is 11.6. The number of amides is 2. The first-order valence-corrected chi connectivity index (χ1v) is 13.0. The number of fused-ring (bicyclic) bond motifs is 1. The van der Waals surface area contributed by atoms with Gasteiger partial charge in [-0.15, -0.1) is 0 Å². The third-order valence-corrected chi connectivity index (χ3v) is 8.81. The molecule has 1 fully saturated rings. The third-order valence-electron chi connectivity index (χ3n) is 6.69. The summed E-state index contributed by atoms with van der Waals surface area (Å²) in [6.07, 6.45) is 0.138. The lowest BCUT2D eigenvalue weighted by atomic mass is 10.00. The van der Waals surface area contributed by atoms with Crippen LogP contribution in [0.5, 0.6) is 0 Å². The standard InChI is InChI=1S/C27H28N2O6S/c1-5-27(2,3)29(36(33,34)22-15-12-18-8-6-7-9-20(18)16-22)23-17-24(30)28(25(23)31)21-13-10-19(11-14-21)26(32)35-4/h6-16,23H,5,17H2,1-4H3. The molecule has 4 rings (SSSR count). The molecule has 0 aliphatic carbocycles. The maximum absolute atomic E-state index is 14.0. The largest absolute Gasteiger partial charge is 0.465 e. The van der Waals surface area contributed by atoms with Crippen molar-refractivity contribution in [3.8, 4) is 0 Å². The van der Waals surface area contributed by atoms with Crippen LogP contribution in [0, 0.1) is 0 Å². The minimum Gasteiger partial charge on any atom is -0.465 e. The van der Waals surface area contributed by atoms with Crippen molar-refractivity contribution in [3.05, 3.63) is 72.3 Å². The van der Waals surface area contributed by atoms with Crippen LogP contribution in [0.15, 0.2) is 71.6 Å². The van der Waals surface area contributed by atoms with Crippen LogP contribution >= 0.6 is 0 Å². The van der Waals surface area contributed by atoms with Crippen LogP contribution < -0.4 is 4.90 Å². The number of carbonyl (C=O) groups excluding carboxylic acids is 3. The van der Waals surface area contributed by atoms with Gasteiger partial charge in [0.15, 0.2) is 0 Å². The van der Waals surface area contributed by atoms with Crippen molar-refractivity contribution in [2.75, 3.05) is 12.0 Å². The van der Waals surface area contributed by atoms with Gasteiger partial charge in [-0.1, -0.05) is 37.3 Å². The Labute approximate surface area is 210 Å². The molecule has 2 amide bonds. The zero-order chi connectivity index (χ0) is 26.3. The number of carbonyl (C=O) groups is 3. The Morgan fingerprint density at radius 1 is 1.03 bits per heavy atom. The molecule has 0 aromatic heterocycles. The molecule has 8 nitrogen and oxygen atoms in total. The number of ether oxygens (including phenoxy) is 1. The van der Waals surface area contributed by atoms with E-state index < -0.39 is 39.4 Å². The molecule has 0 spiro atoms. The summed E-state index contributed by atoms with van der Waals surface area (Å²) < 4.78 is 33.9. The van der Waals surface area contributed by atoms with E-state index >= 15 is 0 Å². The first-order chi connectivity index (χ1) is 17.0. The molecule has 0 radical (unpaired) electrons. The Hall–Kier alpha value is -3.56. The van der Waals surface area contributed by atoms with Crippen LogP contribution in [0.25, 0.3) is 10.8 Å². The summed E-state index contributed by atoms with van der Waals surface area (Å²) in [6.45, 7) is 5.34. The van der Waals surface area contributed by atoms with Crippen LogP contribution in [0.3, 0.4) is 0 Å². The van der Waals surface area contributed by atoms with Gasteiger partial charge in [0.1, 0.15) is 6.04 Å². The van der Waals surface area contributed by atoms with Crippen molar-refractivity contribution < 1.29 is 27.5 Å². The SMILES string of the molecule is CCC(C)(C)N(C1CC(=O)N(c2ccc(C(=O)OC)cc2)C1=O)S(=O)(=O)c1ccc2ccccc2c1. The molecule has 1 aliphatic heterocycles. The zero-order valence-corrected chi connectivity index (χ0v) is 21.4. The second kappa shape index (κ2) is 9.48. The van der Waals surface area contributed by atoms with Gasteiger partial charge in [0.05, 0.1) is 29.7 Å². The number of anilines is 1. The van der Waals surface area contributed by atoms with E-state index in [-0.39, 0.29) is 22.6 Å². The van der Waals surface area contributed by atoms with E-state index in [0.717, 1.165) is 15.7 Å². The molecule has 1 atom stereocenters. The molecule has 1 heterocycles. The highest BCUT2D eigenvalue weighted by molar-refractivity contribution is 7.89. The van der Waals surface area contributed by atoms with Gasteiger partial charge in [0.2, 0.25) is 15.9 Å². The summed E-state index contributed by atoms with van der Waals surface area (Å²) in [5.74, 6) is -1.69. The fourth-order valence-electron chi connectivity index (χ4n) is 4.45. The Balaban J connectivity index is 1.75. The maximum atomic E-state index is 14.0. The van der Waals surface area contributed by atoms with Gasteiger partial charge in [-0.25, -0.2) is 18.1 Å². The van der Waals surface area contributed by atoms with Crippen LogP contribution in [-0.2, 0) is 24.3 Å². The topological polar surface area (TPSA) is 101 Å². The summed E-state index contributed by atoms with van der Waals surface area (Å²) in [4.78, 5) is 39.4. The van der Waals surface area contributed by atoms with Crippen LogP contribution in [0.4, 0.5) is 5.69 Å². The average Bonchev–Trinajstić information content (AvgIpc) is 3.15. The van der Waals surface area contributed by atoms with E-state index in [1.807, 2.05) is 31.2 Å². The normalized spacial score (nSPS) is 16.7. The zero-order valence-electron chi connectivity index (χ0n) is 20.6. The van der Waals surface area contributed by atoms with Gasteiger partial charge in [-0.2, -0.15) is 4.31 Å². The third kappa shape index (κ3) is 4.40. The molecule has 36 heavy (non-hydrogen) atoms. The quantitative estimate of drug-likeness (QED) is 0.351.